The van der Waals surface area contributed by atoms with Crippen LogP contribution in [0.25, 0.3) is 0 Å². The second kappa shape index (κ2) is 7.80. The van der Waals surface area contributed by atoms with Crippen LogP contribution in [-0.4, -0.2) is 54.0 Å². The molecule has 2 rings (SSSR count). The standard InChI is InChI=1S/C18H29FN2O5/c1-17(2,3)26-15(23)18(19)10-5-11-21(18)16(24)20-13-8-6-12(7-9-13)14(22)25-4/h12-13H,5-11H2,1-4H3,(H,20,24). The first-order chi connectivity index (χ1) is 12.1. The van der Waals surface area contributed by atoms with Gasteiger partial charge in [0.15, 0.2) is 0 Å². The Bertz CT molecular complexity index is 554. The van der Waals surface area contributed by atoms with E-state index in [1.165, 1.54) is 7.11 Å². The fraction of sp³-hybridized carbons (Fsp3) is 0.833. The van der Waals surface area contributed by atoms with E-state index in [4.69, 9.17) is 9.47 Å². The molecule has 0 aromatic heterocycles. The molecule has 148 valence electrons. The van der Waals surface area contributed by atoms with Crippen LogP contribution in [0, 0.1) is 5.92 Å². The number of nitrogens with one attached hydrogen (secondary N) is 1. The van der Waals surface area contributed by atoms with E-state index in [1.807, 2.05) is 0 Å². The summed E-state index contributed by atoms with van der Waals surface area (Å²) in [7, 11) is 1.36. The largest absolute Gasteiger partial charge is 0.469 e. The molecule has 2 fully saturated rings. The highest BCUT2D eigenvalue weighted by Crippen LogP contribution is 2.34. The number of likely N-dealkylation sites (tertiary alicyclic amines) is 1. The summed E-state index contributed by atoms with van der Waals surface area (Å²) in [5.41, 5.74) is -0.826. The van der Waals surface area contributed by atoms with Crippen LogP contribution in [-0.2, 0) is 19.1 Å². The van der Waals surface area contributed by atoms with Crippen LogP contribution in [0.4, 0.5) is 9.18 Å². The van der Waals surface area contributed by atoms with E-state index in [2.05, 4.69) is 5.32 Å². The monoisotopic (exact) mass is 372 g/mol. The number of hydrogen-bond donors (Lipinski definition) is 1. The van der Waals surface area contributed by atoms with Crippen molar-refractivity contribution in [1.82, 2.24) is 10.2 Å². The van der Waals surface area contributed by atoms with Gasteiger partial charge in [-0.25, -0.2) is 14.0 Å². The van der Waals surface area contributed by atoms with Crippen molar-refractivity contribution in [3.8, 4) is 0 Å². The van der Waals surface area contributed by atoms with Crippen molar-refractivity contribution in [2.24, 2.45) is 5.92 Å². The summed E-state index contributed by atoms with van der Waals surface area (Å²) < 4.78 is 25.2. The van der Waals surface area contributed by atoms with E-state index in [0.29, 0.717) is 32.1 Å². The molecular weight excluding hydrogens is 343 g/mol. The lowest BCUT2D eigenvalue weighted by molar-refractivity contribution is -0.178. The van der Waals surface area contributed by atoms with Crippen molar-refractivity contribution in [1.29, 1.82) is 0 Å². The predicted molar refractivity (Wildman–Crippen MR) is 91.9 cm³/mol. The van der Waals surface area contributed by atoms with Gasteiger partial charge >= 0.3 is 18.0 Å². The number of urea groups is 1. The molecule has 2 aliphatic rings. The molecule has 0 bridgehead atoms. The number of carbonyl (C=O) groups excluding carboxylic acids is 3. The molecule has 0 aromatic carbocycles. The van der Waals surface area contributed by atoms with Gasteiger partial charge in [-0.1, -0.05) is 0 Å². The Morgan fingerprint density at radius 3 is 2.31 bits per heavy atom. The number of alkyl halides is 1. The van der Waals surface area contributed by atoms with E-state index in [9.17, 15) is 14.4 Å². The van der Waals surface area contributed by atoms with Crippen molar-refractivity contribution >= 4 is 18.0 Å². The van der Waals surface area contributed by atoms with Gasteiger partial charge in [0.2, 0.25) is 0 Å². The third-order valence-electron chi connectivity index (χ3n) is 4.86. The molecule has 1 unspecified atom stereocenters. The van der Waals surface area contributed by atoms with Gasteiger partial charge < -0.3 is 14.8 Å². The van der Waals surface area contributed by atoms with E-state index >= 15 is 4.39 Å². The number of esters is 2. The summed E-state index contributed by atoms with van der Waals surface area (Å²) in [5.74, 6) is -3.84. The average Bonchev–Trinajstić information content (AvgIpc) is 2.96. The lowest BCUT2D eigenvalue weighted by Crippen LogP contribution is -2.56. The number of halogens is 1. The summed E-state index contributed by atoms with van der Waals surface area (Å²) >= 11 is 0. The zero-order valence-corrected chi connectivity index (χ0v) is 16.0. The Balaban J connectivity index is 1.94. The maximum atomic E-state index is 15.2. The van der Waals surface area contributed by atoms with Crippen LogP contribution >= 0.6 is 0 Å². The first-order valence-electron chi connectivity index (χ1n) is 9.15. The highest BCUT2D eigenvalue weighted by atomic mass is 19.1. The topological polar surface area (TPSA) is 84.9 Å². The van der Waals surface area contributed by atoms with Crippen molar-refractivity contribution in [3.05, 3.63) is 0 Å². The lowest BCUT2D eigenvalue weighted by atomic mass is 9.86. The zero-order chi connectivity index (χ0) is 19.5. The Morgan fingerprint density at radius 2 is 1.77 bits per heavy atom. The van der Waals surface area contributed by atoms with E-state index < -0.39 is 23.4 Å². The van der Waals surface area contributed by atoms with Crippen LogP contribution in [0.2, 0.25) is 0 Å². The highest BCUT2D eigenvalue weighted by Gasteiger charge is 2.53. The molecule has 1 N–H and O–H groups in total. The van der Waals surface area contributed by atoms with Crippen LogP contribution in [0.1, 0.15) is 59.3 Å². The van der Waals surface area contributed by atoms with Gasteiger partial charge in [0.25, 0.3) is 5.79 Å². The number of ether oxygens (including phenoxy) is 2. The third kappa shape index (κ3) is 4.65. The summed E-state index contributed by atoms with van der Waals surface area (Å²) in [5, 5.41) is 2.80. The normalized spacial score (nSPS) is 29.2. The van der Waals surface area contributed by atoms with E-state index in [-0.39, 0.29) is 30.9 Å². The number of rotatable bonds is 3. The molecular formula is C18H29FN2O5. The van der Waals surface area contributed by atoms with Crippen molar-refractivity contribution < 1.29 is 28.2 Å². The maximum absolute atomic E-state index is 15.2. The fourth-order valence-electron chi connectivity index (χ4n) is 3.51. The molecule has 0 radical (unpaired) electrons. The summed E-state index contributed by atoms with van der Waals surface area (Å²) in [6.07, 6.45) is 2.80. The highest BCUT2D eigenvalue weighted by molar-refractivity contribution is 5.87. The van der Waals surface area contributed by atoms with Crippen LogP contribution in [0.3, 0.4) is 0 Å². The molecule has 26 heavy (non-hydrogen) atoms. The Morgan fingerprint density at radius 1 is 1.15 bits per heavy atom. The predicted octanol–water partition coefficient (Wildman–Crippen LogP) is 2.53. The summed E-state index contributed by atoms with van der Waals surface area (Å²) in [6, 6.07) is -0.746. The maximum Gasteiger partial charge on any atom is 0.365 e. The quantitative estimate of drug-likeness (QED) is 0.608. The first kappa shape index (κ1) is 20.5. The summed E-state index contributed by atoms with van der Waals surface area (Å²) in [6.45, 7) is 5.15. The van der Waals surface area contributed by atoms with Crippen molar-refractivity contribution in [2.75, 3.05) is 13.7 Å². The summed E-state index contributed by atoms with van der Waals surface area (Å²) in [4.78, 5) is 37.3. The number of carbonyl (C=O) groups is 3. The van der Waals surface area contributed by atoms with Crippen LogP contribution in [0.5, 0.6) is 0 Å². The molecule has 1 saturated carbocycles. The zero-order valence-electron chi connectivity index (χ0n) is 16.0. The molecule has 8 heteroatoms. The molecule has 1 saturated heterocycles. The first-order valence-corrected chi connectivity index (χ1v) is 9.15. The van der Waals surface area contributed by atoms with Crippen molar-refractivity contribution in [3.63, 3.8) is 0 Å². The Hall–Kier alpha value is -1.86. The Labute approximate surface area is 153 Å². The van der Waals surface area contributed by atoms with E-state index in [1.54, 1.807) is 20.8 Å². The smallest absolute Gasteiger partial charge is 0.365 e. The number of hydrogen-bond acceptors (Lipinski definition) is 5. The molecule has 7 nitrogen and oxygen atoms in total. The Kier molecular flexibility index (Phi) is 6.13. The van der Waals surface area contributed by atoms with Crippen LogP contribution < -0.4 is 5.32 Å². The SMILES string of the molecule is COC(=O)C1CCC(NC(=O)N2CCCC2(F)C(=O)OC(C)(C)C)CC1. The number of amides is 2. The van der Waals surface area contributed by atoms with Gasteiger partial charge in [-0.05, 0) is 52.9 Å². The van der Waals surface area contributed by atoms with Gasteiger partial charge in [-0.3, -0.25) is 9.69 Å². The third-order valence-corrected chi connectivity index (χ3v) is 4.86. The number of methoxy groups -OCH3 is 1. The van der Waals surface area contributed by atoms with Gasteiger partial charge in [0, 0.05) is 19.0 Å². The number of nitrogens with zero attached hydrogens (tertiary/aromatic N) is 1. The minimum absolute atomic E-state index is 0.0651. The van der Waals surface area contributed by atoms with Gasteiger partial charge in [0.05, 0.1) is 13.0 Å². The molecule has 1 atom stereocenters. The lowest BCUT2D eigenvalue weighted by Gasteiger charge is -2.34. The van der Waals surface area contributed by atoms with Crippen LogP contribution in [0.15, 0.2) is 0 Å². The molecule has 1 aliphatic heterocycles. The molecule has 1 heterocycles. The minimum Gasteiger partial charge on any atom is -0.469 e. The fourth-order valence-corrected chi connectivity index (χ4v) is 3.51. The van der Waals surface area contributed by atoms with Crippen molar-refractivity contribution in [2.45, 2.75) is 76.7 Å². The molecule has 0 spiro atoms. The minimum atomic E-state index is -2.43. The molecule has 2 amide bonds. The second-order valence-electron chi connectivity index (χ2n) is 8.04. The average molecular weight is 372 g/mol. The van der Waals surface area contributed by atoms with Gasteiger partial charge in [-0.15, -0.1) is 0 Å². The van der Waals surface area contributed by atoms with Gasteiger partial charge in [0.1, 0.15) is 5.60 Å². The molecule has 0 aromatic rings. The van der Waals surface area contributed by atoms with Gasteiger partial charge in [-0.2, -0.15) is 0 Å². The molecule has 1 aliphatic carbocycles. The second-order valence-corrected chi connectivity index (χ2v) is 8.04. The van der Waals surface area contributed by atoms with E-state index in [0.717, 1.165) is 4.90 Å².